The third kappa shape index (κ3) is 5.94. The molecule has 0 bridgehead atoms. The van der Waals surface area contributed by atoms with Crippen LogP contribution >= 0.6 is 15.9 Å². The monoisotopic (exact) mass is 511 g/mol. The second-order valence-corrected chi connectivity index (χ2v) is 7.15. The van der Waals surface area contributed by atoms with Gasteiger partial charge in [-0.15, -0.1) is 0 Å². The zero-order valence-electron chi connectivity index (χ0n) is 15.9. The Balaban J connectivity index is 1.58. The van der Waals surface area contributed by atoms with Crippen LogP contribution in [0.2, 0.25) is 0 Å². The van der Waals surface area contributed by atoms with Crippen LogP contribution in [0.15, 0.2) is 68.6 Å². The SMILES string of the molecule is O=C(COc1ccc(Br)cc1[N+](=O)[O-])NN=Cc1ccc(-c2cccc(C(F)(F)F)c2)o1. The van der Waals surface area contributed by atoms with Crippen molar-refractivity contribution in [2.24, 2.45) is 5.10 Å². The van der Waals surface area contributed by atoms with Crippen molar-refractivity contribution in [1.29, 1.82) is 0 Å². The molecule has 32 heavy (non-hydrogen) atoms. The van der Waals surface area contributed by atoms with E-state index in [2.05, 4.69) is 26.5 Å². The lowest BCUT2D eigenvalue weighted by Crippen LogP contribution is -2.24. The molecule has 3 aromatic rings. The summed E-state index contributed by atoms with van der Waals surface area (Å²) in [6, 6.07) is 11.7. The first-order chi connectivity index (χ1) is 15.1. The number of carbonyl (C=O) groups excluding carboxylic acids is 1. The fourth-order valence-corrected chi connectivity index (χ4v) is 2.87. The molecule has 12 heteroatoms. The molecular weight excluding hydrogens is 499 g/mol. The van der Waals surface area contributed by atoms with E-state index in [1.54, 1.807) is 0 Å². The molecule has 0 radical (unpaired) electrons. The molecule has 8 nitrogen and oxygen atoms in total. The van der Waals surface area contributed by atoms with Crippen LogP contribution in [-0.2, 0) is 11.0 Å². The molecule has 0 saturated heterocycles. The number of nitro benzene ring substituents is 1. The number of carbonyl (C=O) groups is 1. The Morgan fingerprint density at radius 3 is 2.72 bits per heavy atom. The molecule has 1 aromatic heterocycles. The predicted molar refractivity (Wildman–Crippen MR) is 111 cm³/mol. The number of halogens is 4. The molecule has 0 unspecified atom stereocenters. The number of hydrogen-bond donors (Lipinski definition) is 1. The molecule has 3 rings (SSSR count). The van der Waals surface area contributed by atoms with E-state index in [9.17, 15) is 28.1 Å². The number of ether oxygens (including phenoxy) is 1. The van der Waals surface area contributed by atoms with E-state index in [-0.39, 0.29) is 28.5 Å². The molecule has 0 saturated carbocycles. The summed E-state index contributed by atoms with van der Waals surface area (Å²) in [5.74, 6) is -0.408. The number of hydrazone groups is 1. The summed E-state index contributed by atoms with van der Waals surface area (Å²) in [6.45, 7) is -0.534. The lowest BCUT2D eigenvalue weighted by Gasteiger charge is -2.07. The standard InChI is InChI=1S/C20H13BrF3N3O5/c21-14-4-6-18(16(9-14)27(29)30)31-11-19(28)26-25-10-15-5-7-17(32-15)12-2-1-3-13(8-12)20(22,23)24/h1-10H,11H2,(H,26,28). The van der Waals surface area contributed by atoms with E-state index in [4.69, 9.17) is 9.15 Å². The van der Waals surface area contributed by atoms with Gasteiger partial charge in [0.2, 0.25) is 0 Å². The van der Waals surface area contributed by atoms with Crippen LogP contribution in [-0.4, -0.2) is 23.7 Å². The van der Waals surface area contributed by atoms with E-state index in [0.29, 0.717) is 4.47 Å². The number of benzene rings is 2. The first kappa shape index (κ1) is 23.0. The van der Waals surface area contributed by atoms with Gasteiger partial charge in [-0.25, -0.2) is 5.43 Å². The smallest absolute Gasteiger partial charge is 0.416 e. The number of alkyl halides is 3. The Bertz CT molecular complexity index is 1180. The minimum atomic E-state index is -4.48. The number of nitrogens with zero attached hydrogens (tertiary/aromatic N) is 2. The van der Waals surface area contributed by atoms with Gasteiger partial charge in [0.25, 0.3) is 5.91 Å². The zero-order chi connectivity index (χ0) is 23.3. The summed E-state index contributed by atoms with van der Waals surface area (Å²) in [5, 5.41) is 14.7. The summed E-state index contributed by atoms with van der Waals surface area (Å²) in [4.78, 5) is 22.2. The highest BCUT2D eigenvalue weighted by molar-refractivity contribution is 9.10. The van der Waals surface area contributed by atoms with Crippen molar-refractivity contribution >= 4 is 33.7 Å². The molecule has 166 valence electrons. The number of nitrogens with one attached hydrogen (secondary N) is 1. The van der Waals surface area contributed by atoms with Crippen molar-refractivity contribution in [3.05, 3.63) is 80.5 Å². The molecule has 0 aliphatic carbocycles. The quantitative estimate of drug-likeness (QED) is 0.267. The molecule has 0 atom stereocenters. The maximum atomic E-state index is 12.8. The fourth-order valence-electron chi connectivity index (χ4n) is 2.52. The summed E-state index contributed by atoms with van der Waals surface area (Å²) < 4.78 is 49.6. The highest BCUT2D eigenvalue weighted by Gasteiger charge is 2.30. The summed E-state index contributed by atoms with van der Waals surface area (Å²) in [6.07, 6.45) is -3.33. The Kier molecular flexibility index (Phi) is 6.93. The number of hydrogen-bond acceptors (Lipinski definition) is 6. The first-order valence-corrected chi connectivity index (χ1v) is 9.59. The molecular formula is C20H13BrF3N3O5. The molecule has 1 N–H and O–H groups in total. The van der Waals surface area contributed by atoms with E-state index in [1.807, 2.05) is 0 Å². The van der Waals surface area contributed by atoms with Gasteiger partial charge in [0, 0.05) is 16.1 Å². The van der Waals surface area contributed by atoms with E-state index >= 15 is 0 Å². The molecule has 0 aliphatic heterocycles. The van der Waals surface area contributed by atoms with Crippen LogP contribution in [0.4, 0.5) is 18.9 Å². The highest BCUT2D eigenvalue weighted by atomic mass is 79.9. The van der Waals surface area contributed by atoms with Gasteiger partial charge in [-0.05, 0) is 36.4 Å². The summed E-state index contributed by atoms with van der Waals surface area (Å²) >= 11 is 3.11. The van der Waals surface area contributed by atoms with Crippen LogP contribution in [0.1, 0.15) is 11.3 Å². The molecule has 2 aromatic carbocycles. The van der Waals surface area contributed by atoms with Crippen molar-refractivity contribution in [2.45, 2.75) is 6.18 Å². The van der Waals surface area contributed by atoms with Gasteiger partial charge in [0.15, 0.2) is 12.4 Å². The molecule has 0 fully saturated rings. The molecule has 1 amide bonds. The van der Waals surface area contributed by atoms with E-state index < -0.39 is 29.2 Å². The zero-order valence-corrected chi connectivity index (χ0v) is 17.5. The number of rotatable bonds is 7. The Morgan fingerprint density at radius 1 is 1.22 bits per heavy atom. The van der Waals surface area contributed by atoms with Crippen molar-refractivity contribution in [3.63, 3.8) is 0 Å². The third-order valence-electron chi connectivity index (χ3n) is 3.96. The summed E-state index contributed by atoms with van der Waals surface area (Å²) in [7, 11) is 0. The predicted octanol–water partition coefficient (Wildman–Crippen LogP) is 5.17. The van der Waals surface area contributed by atoms with Gasteiger partial charge in [0.1, 0.15) is 11.5 Å². The Morgan fingerprint density at radius 2 is 2.00 bits per heavy atom. The topological polar surface area (TPSA) is 107 Å². The Hall–Kier alpha value is -3.67. The number of amides is 1. The van der Waals surface area contributed by atoms with Crippen LogP contribution in [0.5, 0.6) is 5.75 Å². The normalized spacial score (nSPS) is 11.5. The first-order valence-electron chi connectivity index (χ1n) is 8.79. The molecule has 1 heterocycles. The highest BCUT2D eigenvalue weighted by Crippen LogP contribution is 2.32. The third-order valence-corrected chi connectivity index (χ3v) is 4.45. The van der Waals surface area contributed by atoms with Crippen LogP contribution in [0.3, 0.4) is 0 Å². The summed E-state index contributed by atoms with van der Waals surface area (Å²) in [5.41, 5.74) is 1.27. The minimum Gasteiger partial charge on any atom is -0.477 e. The van der Waals surface area contributed by atoms with Crippen molar-refractivity contribution in [2.75, 3.05) is 6.61 Å². The average Bonchev–Trinajstić information content (AvgIpc) is 3.21. The molecule has 0 spiro atoms. The largest absolute Gasteiger partial charge is 0.477 e. The van der Waals surface area contributed by atoms with E-state index in [0.717, 1.165) is 18.3 Å². The van der Waals surface area contributed by atoms with Crippen LogP contribution in [0, 0.1) is 10.1 Å². The van der Waals surface area contributed by atoms with Crippen molar-refractivity contribution in [3.8, 4) is 17.1 Å². The number of furan rings is 1. The second kappa shape index (κ2) is 9.64. The fraction of sp³-hybridized carbons (Fsp3) is 0.100. The van der Waals surface area contributed by atoms with Crippen molar-refractivity contribution < 1.29 is 32.0 Å². The van der Waals surface area contributed by atoms with Crippen molar-refractivity contribution in [1.82, 2.24) is 5.43 Å². The number of nitro groups is 1. The van der Waals surface area contributed by atoms with Gasteiger partial charge in [-0.3, -0.25) is 14.9 Å². The van der Waals surface area contributed by atoms with Crippen LogP contribution < -0.4 is 10.2 Å². The van der Waals surface area contributed by atoms with Gasteiger partial charge in [-0.1, -0.05) is 28.1 Å². The second-order valence-electron chi connectivity index (χ2n) is 6.23. The van der Waals surface area contributed by atoms with Gasteiger partial charge in [0.05, 0.1) is 16.7 Å². The van der Waals surface area contributed by atoms with E-state index in [1.165, 1.54) is 42.5 Å². The van der Waals surface area contributed by atoms with Gasteiger partial charge in [-0.2, -0.15) is 18.3 Å². The van der Waals surface area contributed by atoms with Gasteiger partial charge < -0.3 is 9.15 Å². The Labute approximate surface area is 187 Å². The van der Waals surface area contributed by atoms with Crippen LogP contribution in [0.25, 0.3) is 11.3 Å². The maximum absolute atomic E-state index is 12.8. The average molecular weight is 512 g/mol. The minimum absolute atomic E-state index is 0.0888. The molecule has 0 aliphatic rings. The maximum Gasteiger partial charge on any atom is 0.416 e. The lowest BCUT2D eigenvalue weighted by molar-refractivity contribution is -0.385. The lowest BCUT2D eigenvalue weighted by atomic mass is 10.1. The van der Waals surface area contributed by atoms with Gasteiger partial charge >= 0.3 is 11.9 Å².